The van der Waals surface area contributed by atoms with Crippen molar-refractivity contribution in [2.24, 2.45) is 5.73 Å². The Labute approximate surface area is 160 Å². The molecule has 2 heterocycles. The van der Waals surface area contributed by atoms with Gasteiger partial charge in [0, 0.05) is 18.1 Å². The maximum Gasteiger partial charge on any atom is 0.251 e. The second-order valence-electron chi connectivity index (χ2n) is 6.10. The van der Waals surface area contributed by atoms with Crippen LogP contribution in [0.3, 0.4) is 0 Å². The first-order valence-electron chi connectivity index (χ1n) is 8.25. The number of benzene rings is 1. The molecule has 1 saturated heterocycles. The lowest BCUT2D eigenvalue weighted by molar-refractivity contribution is -0.124. The molecule has 2 unspecified atom stereocenters. The van der Waals surface area contributed by atoms with Gasteiger partial charge in [-0.05, 0) is 36.1 Å². The van der Waals surface area contributed by atoms with Crippen LogP contribution in [0.25, 0.3) is 0 Å². The predicted octanol–water partition coefficient (Wildman–Crippen LogP) is 2.90. The van der Waals surface area contributed by atoms with Crippen molar-refractivity contribution in [1.82, 2.24) is 4.90 Å². The van der Waals surface area contributed by atoms with Crippen molar-refractivity contribution in [3.63, 3.8) is 0 Å². The third kappa shape index (κ3) is 4.24. The molecule has 138 valence electrons. The fourth-order valence-corrected chi connectivity index (χ4v) is 3.80. The average molecular weight is 394 g/mol. The third-order valence-corrected chi connectivity index (χ3v) is 5.52. The Bertz CT molecular complexity index is 793. The van der Waals surface area contributed by atoms with E-state index in [0.717, 1.165) is 5.56 Å². The summed E-state index contributed by atoms with van der Waals surface area (Å²) in [4.78, 5) is 26.1. The molecule has 0 bridgehead atoms. The highest BCUT2D eigenvalue weighted by Gasteiger charge is 2.29. The van der Waals surface area contributed by atoms with Gasteiger partial charge >= 0.3 is 0 Å². The lowest BCUT2D eigenvalue weighted by Gasteiger charge is -2.36. The monoisotopic (exact) mass is 393 g/mol. The van der Waals surface area contributed by atoms with Crippen molar-refractivity contribution in [3.05, 3.63) is 51.9 Å². The topological polar surface area (TPSA) is 84.7 Å². The van der Waals surface area contributed by atoms with Crippen LogP contribution in [0, 0.1) is 0 Å². The Morgan fingerprint density at radius 3 is 2.77 bits per heavy atom. The van der Waals surface area contributed by atoms with Gasteiger partial charge < -0.3 is 15.8 Å². The molecule has 1 aromatic carbocycles. The Balaban J connectivity index is 1.65. The standard InChI is InChI=1S/C18H20ClN3O3S/c1-11(17(24)21-18-14(16(20)23)6-9-26-18)22-7-8-25-15(10-22)12-2-4-13(19)5-3-12/h2-6,9,11,15H,7-8,10H2,1H3,(H2,20,23)(H,21,24). The van der Waals surface area contributed by atoms with Gasteiger partial charge in [0.1, 0.15) is 5.00 Å². The number of hydrogen-bond donors (Lipinski definition) is 2. The van der Waals surface area contributed by atoms with Crippen LogP contribution >= 0.6 is 22.9 Å². The van der Waals surface area contributed by atoms with E-state index in [-0.39, 0.29) is 18.1 Å². The first kappa shape index (κ1) is 18.8. The molecule has 0 spiro atoms. The highest BCUT2D eigenvalue weighted by atomic mass is 35.5. The molecule has 0 saturated carbocycles. The maximum atomic E-state index is 12.6. The molecule has 2 amide bonds. The van der Waals surface area contributed by atoms with Crippen LogP contribution in [-0.2, 0) is 9.53 Å². The number of hydrogen-bond acceptors (Lipinski definition) is 5. The van der Waals surface area contributed by atoms with Crippen LogP contribution in [0.2, 0.25) is 5.02 Å². The van der Waals surface area contributed by atoms with Crippen LogP contribution in [0.5, 0.6) is 0 Å². The molecule has 1 aliphatic rings. The Morgan fingerprint density at radius 1 is 1.35 bits per heavy atom. The first-order valence-corrected chi connectivity index (χ1v) is 9.50. The molecule has 3 rings (SSSR count). The number of carbonyl (C=O) groups is 2. The van der Waals surface area contributed by atoms with Crippen LogP contribution < -0.4 is 11.1 Å². The Kier molecular flexibility index (Phi) is 5.93. The number of primary amides is 1. The van der Waals surface area contributed by atoms with Gasteiger partial charge in [0.2, 0.25) is 5.91 Å². The fourth-order valence-electron chi connectivity index (χ4n) is 2.88. The SMILES string of the molecule is CC(C(=O)Nc1sccc1C(N)=O)N1CCOC(c2ccc(Cl)cc2)C1. The molecular weight excluding hydrogens is 374 g/mol. The van der Waals surface area contributed by atoms with Crippen molar-refractivity contribution in [1.29, 1.82) is 0 Å². The number of thiophene rings is 1. The van der Waals surface area contributed by atoms with E-state index in [4.69, 9.17) is 22.1 Å². The van der Waals surface area contributed by atoms with Crippen molar-refractivity contribution in [3.8, 4) is 0 Å². The largest absolute Gasteiger partial charge is 0.371 e. The Morgan fingerprint density at radius 2 is 2.08 bits per heavy atom. The lowest BCUT2D eigenvalue weighted by atomic mass is 10.1. The molecule has 1 fully saturated rings. The summed E-state index contributed by atoms with van der Waals surface area (Å²) < 4.78 is 5.84. The number of nitrogens with zero attached hydrogens (tertiary/aromatic N) is 1. The number of anilines is 1. The molecule has 2 aromatic rings. The molecule has 8 heteroatoms. The first-order chi connectivity index (χ1) is 12.5. The Hall–Kier alpha value is -1.93. The molecule has 2 atom stereocenters. The summed E-state index contributed by atoms with van der Waals surface area (Å²) in [6.07, 6.45) is -0.112. The fraction of sp³-hybridized carbons (Fsp3) is 0.333. The van der Waals surface area contributed by atoms with Gasteiger partial charge in [-0.25, -0.2) is 0 Å². The van der Waals surface area contributed by atoms with E-state index < -0.39 is 5.91 Å². The second kappa shape index (κ2) is 8.18. The van der Waals surface area contributed by atoms with Gasteiger partial charge in [0.15, 0.2) is 0 Å². The quantitative estimate of drug-likeness (QED) is 0.817. The van der Waals surface area contributed by atoms with Gasteiger partial charge in [-0.15, -0.1) is 11.3 Å². The zero-order valence-electron chi connectivity index (χ0n) is 14.3. The number of rotatable bonds is 5. The zero-order chi connectivity index (χ0) is 18.7. The van der Waals surface area contributed by atoms with E-state index in [1.54, 1.807) is 11.4 Å². The third-order valence-electron chi connectivity index (χ3n) is 4.43. The normalized spacial score (nSPS) is 19.1. The summed E-state index contributed by atoms with van der Waals surface area (Å²) in [5, 5.41) is 5.70. The predicted molar refractivity (Wildman–Crippen MR) is 103 cm³/mol. The molecule has 26 heavy (non-hydrogen) atoms. The minimum absolute atomic E-state index is 0.112. The van der Waals surface area contributed by atoms with E-state index in [2.05, 4.69) is 10.2 Å². The van der Waals surface area contributed by atoms with Crippen LogP contribution in [0.1, 0.15) is 28.9 Å². The smallest absolute Gasteiger partial charge is 0.251 e. The molecule has 3 N–H and O–H groups in total. The van der Waals surface area contributed by atoms with Crippen LogP contribution in [0.15, 0.2) is 35.7 Å². The number of halogens is 1. The molecule has 6 nitrogen and oxygen atoms in total. The van der Waals surface area contributed by atoms with Crippen molar-refractivity contribution >= 4 is 39.8 Å². The molecule has 0 aliphatic carbocycles. The van der Waals surface area contributed by atoms with Crippen molar-refractivity contribution in [2.45, 2.75) is 19.1 Å². The van der Waals surface area contributed by atoms with Crippen molar-refractivity contribution < 1.29 is 14.3 Å². The van der Waals surface area contributed by atoms with E-state index in [0.29, 0.717) is 35.3 Å². The summed E-state index contributed by atoms with van der Waals surface area (Å²) in [5.74, 6) is -0.727. The summed E-state index contributed by atoms with van der Waals surface area (Å²) in [6, 6.07) is 8.78. The van der Waals surface area contributed by atoms with Crippen LogP contribution in [-0.4, -0.2) is 42.5 Å². The lowest BCUT2D eigenvalue weighted by Crippen LogP contribution is -2.48. The molecule has 0 radical (unpaired) electrons. The average Bonchev–Trinajstić information content (AvgIpc) is 3.10. The second-order valence-corrected chi connectivity index (χ2v) is 7.45. The minimum atomic E-state index is -0.552. The molecule has 1 aliphatic heterocycles. The number of nitrogens with two attached hydrogens (primary N) is 1. The maximum absolute atomic E-state index is 12.6. The number of amides is 2. The highest BCUT2D eigenvalue weighted by molar-refractivity contribution is 7.14. The number of morpholine rings is 1. The summed E-state index contributed by atoms with van der Waals surface area (Å²) in [5.41, 5.74) is 6.69. The molecule has 1 aromatic heterocycles. The number of ether oxygens (including phenoxy) is 1. The summed E-state index contributed by atoms with van der Waals surface area (Å²) >= 11 is 7.22. The van der Waals surface area contributed by atoms with Gasteiger partial charge in [-0.1, -0.05) is 23.7 Å². The van der Waals surface area contributed by atoms with E-state index >= 15 is 0 Å². The van der Waals surface area contributed by atoms with E-state index in [9.17, 15) is 9.59 Å². The highest BCUT2D eigenvalue weighted by Crippen LogP contribution is 2.26. The van der Waals surface area contributed by atoms with E-state index in [1.165, 1.54) is 11.3 Å². The van der Waals surface area contributed by atoms with Gasteiger partial charge in [0.05, 0.1) is 24.3 Å². The van der Waals surface area contributed by atoms with Gasteiger partial charge in [-0.2, -0.15) is 0 Å². The molecular formula is C18H20ClN3O3S. The number of carbonyl (C=O) groups excluding carboxylic acids is 2. The van der Waals surface area contributed by atoms with Crippen LogP contribution in [0.4, 0.5) is 5.00 Å². The van der Waals surface area contributed by atoms with Gasteiger partial charge in [-0.3, -0.25) is 14.5 Å². The zero-order valence-corrected chi connectivity index (χ0v) is 15.8. The summed E-state index contributed by atoms with van der Waals surface area (Å²) in [7, 11) is 0. The summed E-state index contributed by atoms with van der Waals surface area (Å²) in [6.45, 7) is 3.64. The van der Waals surface area contributed by atoms with Gasteiger partial charge in [0.25, 0.3) is 5.91 Å². The minimum Gasteiger partial charge on any atom is -0.371 e. The van der Waals surface area contributed by atoms with E-state index in [1.807, 2.05) is 31.2 Å². The number of nitrogens with one attached hydrogen (secondary N) is 1. The van der Waals surface area contributed by atoms with Crippen molar-refractivity contribution in [2.75, 3.05) is 25.0 Å².